The molecule has 0 bridgehead atoms. The number of aldehydes is 1. The van der Waals surface area contributed by atoms with Crippen molar-refractivity contribution in [1.29, 1.82) is 0 Å². The molecule has 1 rings (SSSR count). The van der Waals surface area contributed by atoms with E-state index in [2.05, 4.69) is 0 Å². The van der Waals surface area contributed by atoms with Gasteiger partial charge in [0.25, 0.3) is 0 Å². The largest absolute Gasteiger partial charge is 0.495 e. The number of rotatable bonds is 3. The highest BCUT2D eigenvalue weighted by Gasteiger charge is 2.08. The summed E-state index contributed by atoms with van der Waals surface area (Å²) in [4.78, 5) is 10.6. The predicted molar refractivity (Wildman–Crippen MR) is 52.2 cm³/mol. The fourth-order valence-corrected chi connectivity index (χ4v) is 1.34. The Bertz CT molecular complexity index is 321. The van der Waals surface area contributed by atoms with Gasteiger partial charge in [-0.15, -0.1) is 0 Å². The standard InChI is InChI=1S/C10H13NO2/c1-3-8-7(6-12)4-5-9(13-2)10(8)11/h4-6H,3,11H2,1-2H3. The van der Waals surface area contributed by atoms with Gasteiger partial charge >= 0.3 is 0 Å². The third kappa shape index (κ3) is 1.64. The summed E-state index contributed by atoms with van der Waals surface area (Å²) in [5.41, 5.74) is 7.86. The summed E-state index contributed by atoms with van der Waals surface area (Å²) in [7, 11) is 1.56. The van der Waals surface area contributed by atoms with Crippen LogP contribution in [-0.2, 0) is 6.42 Å². The van der Waals surface area contributed by atoms with Crippen molar-refractivity contribution in [2.24, 2.45) is 0 Å². The number of benzene rings is 1. The summed E-state index contributed by atoms with van der Waals surface area (Å²) in [5.74, 6) is 0.627. The smallest absolute Gasteiger partial charge is 0.150 e. The molecule has 0 spiro atoms. The number of nitrogen functional groups attached to an aromatic ring is 1. The van der Waals surface area contributed by atoms with E-state index in [1.807, 2.05) is 6.92 Å². The Hall–Kier alpha value is -1.51. The van der Waals surface area contributed by atoms with E-state index in [9.17, 15) is 4.79 Å². The van der Waals surface area contributed by atoms with E-state index >= 15 is 0 Å². The van der Waals surface area contributed by atoms with Gasteiger partial charge in [-0.2, -0.15) is 0 Å². The third-order valence-corrected chi connectivity index (χ3v) is 2.05. The number of carbonyl (C=O) groups is 1. The number of methoxy groups -OCH3 is 1. The van der Waals surface area contributed by atoms with Gasteiger partial charge in [0.15, 0.2) is 0 Å². The van der Waals surface area contributed by atoms with Crippen LogP contribution in [0.25, 0.3) is 0 Å². The molecule has 0 fully saturated rings. The highest BCUT2D eigenvalue weighted by atomic mass is 16.5. The highest BCUT2D eigenvalue weighted by molar-refractivity contribution is 5.82. The van der Waals surface area contributed by atoms with Crippen molar-refractivity contribution in [1.82, 2.24) is 0 Å². The number of hydrogen-bond donors (Lipinski definition) is 1. The van der Waals surface area contributed by atoms with Crippen LogP contribution in [0.1, 0.15) is 22.8 Å². The van der Waals surface area contributed by atoms with Gasteiger partial charge in [-0.3, -0.25) is 4.79 Å². The molecule has 0 aliphatic rings. The molecule has 0 radical (unpaired) electrons. The Labute approximate surface area is 77.5 Å². The number of ether oxygens (including phenoxy) is 1. The molecule has 2 N–H and O–H groups in total. The number of anilines is 1. The van der Waals surface area contributed by atoms with E-state index in [1.54, 1.807) is 19.2 Å². The molecule has 0 saturated carbocycles. The van der Waals surface area contributed by atoms with Gasteiger partial charge in [0, 0.05) is 5.56 Å². The van der Waals surface area contributed by atoms with Crippen molar-refractivity contribution in [3.05, 3.63) is 23.3 Å². The van der Waals surface area contributed by atoms with Crippen LogP contribution in [0.2, 0.25) is 0 Å². The van der Waals surface area contributed by atoms with Crippen molar-refractivity contribution in [3.8, 4) is 5.75 Å². The Morgan fingerprint density at radius 3 is 2.69 bits per heavy atom. The summed E-state index contributed by atoms with van der Waals surface area (Å²) in [6, 6.07) is 3.43. The summed E-state index contributed by atoms with van der Waals surface area (Å²) < 4.78 is 5.05. The van der Waals surface area contributed by atoms with Crippen LogP contribution in [0.15, 0.2) is 12.1 Å². The van der Waals surface area contributed by atoms with Gasteiger partial charge in [-0.25, -0.2) is 0 Å². The quantitative estimate of drug-likeness (QED) is 0.567. The van der Waals surface area contributed by atoms with Crippen LogP contribution in [0, 0.1) is 0 Å². The molecule has 0 saturated heterocycles. The molecular formula is C10H13NO2. The Kier molecular flexibility index (Phi) is 2.90. The summed E-state index contributed by atoms with van der Waals surface area (Å²) >= 11 is 0. The van der Waals surface area contributed by atoms with E-state index in [0.29, 0.717) is 17.0 Å². The molecule has 0 aliphatic heterocycles. The minimum Gasteiger partial charge on any atom is -0.495 e. The van der Waals surface area contributed by atoms with Gasteiger partial charge in [-0.1, -0.05) is 6.92 Å². The van der Waals surface area contributed by atoms with Gasteiger partial charge < -0.3 is 10.5 Å². The van der Waals surface area contributed by atoms with E-state index in [1.165, 1.54) is 0 Å². The number of nitrogens with two attached hydrogens (primary N) is 1. The van der Waals surface area contributed by atoms with Crippen molar-refractivity contribution in [2.75, 3.05) is 12.8 Å². The molecule has 0 aliphatic carbocycles. The van der Waals surface area contributed by atoms with E-state index < -0.39 is 0 Å². The minimum atomic E-state index is 0.564. The molecule has 0 aromatic heterocycles. The topological polar surface area (TPSA) is 52.3 Å². The maximum absolute atomic E-state index is 10.6. The monoisotopic (exact) mass is 179 g/mol. The van der Waals surface area contributed by atoms with Gasteiger partial charge in [-0.05, 0) is 24.1 Å². The first-order valence-electron chi connectivity index (χ1n) is 4.15. The zero-order valence-corrected chi connectivity index (χ0v) is 7.83. The normalized spacial score (nSPS) is 9.69. The second kappa shape index (κ2) is 3.94. The average Bonchev–Trinajstić information content (AvgIpc) is 2.17. The zero-order chi connectivity index (χ0) is 9.84. The van der Waals surface area contributed by atoms with E-state index in [-0.39, 0.29) is 0 Å². The lowest BCUT2D eigenvalue weighted by Gasteiger charge is -2.10. The van der Waals surface area contributed by atoms with Gasteiger partial charge in [0.1, 0.15) is 12.0 Å². The van der Waals surface area contributed by atoms with Crippen LogP contribution in [0.5, 0.6) is 5.75 Å². The predicted octanol–water partition coefficient (Wildman–Crippen LogP) is 1.65. The first-order chi connectivity index (χ1) is 6.24. The summed E-state index contributed by atoms with van der Waals surface area (Å²) in [6.07, 6.45) is 1.55. The lowest BCUT2D eigenvalue weighted by molar-refractivity contribution is 0.112. The Morgan fingerprint density at radius 2 is 2.23 bits per heavy atom. The maximum Gasteiger partial charge on any atom is 0.150 e. The highest BCUT2D eigenvalue weighted by Crippen LogP contribution is 2.27. The lowest BCUT2D eigenvalue weighted by atomic mass is 10.0. The van der Waals surface area contributed by atoms with Crippen LogP contribution in [-0.4, -0.2) is 13.4 Å². The lowest BCUT2D eigenvalue weighted by Crippen LogP contribution is -2.01. The van der Waals surface area contributed by atoms with Gasteiger partial charge in [0.05, 0.1) is 12.8 Å². The molecule has 1 aromatic rings. The van der Waals surface area contributed by atoms with Crippen molar-refractivity contribution >= 4 is 12.0 Å². The Balaban J connectivity index is 3.31. The molecule has 0 atom stereocenters. The molecule has 0 heterocycles. The van der Waals surface area contributed by atoms with Crippen LogP contribution >= 0.6 is 0 Å². The number of carbonyl (C=O) groups excluding carboxylic acids is 1. The summed E-state index contributed by atoms with van der Waals surface area (Å²) in [6.45, 7) is 1.96. The molecular weight excluding hydrogens is 166 g/mol. The van der Waals surface area contributed by atoms with Gasteiger partial charge in [0.2, 0.25) is 0 Å². The summed E-state index contributed by atoms with van der Waals surface area (Å²) in [5, 5.41) is 0. The molecule has 70 valence electrons. The van der Waals surface area contributed by atoms with Crippen LogP contribution < -0.4 is 10.5 Å². The van der Waals surface area contributed by atoms with Crippen LogP contribution in [0.3, 0.4) is 0 Å². The first-order valence-corrected chi connectivity index (χ1v) is 4.15. The Morgan fingerprint density at radius 1 is 1.54 bits per heavy atom. The van der Waals surface area contributed by atoms with Crippen molar-refractivity contribution in [2.45, 2.75) is 13.3 Å². The van der Waals surface area contributed by atoms with Crippen LogP contribution in [0.4, 0.5) is 5.69 Å². The second-order valence-electron chi connectivity index (χ2n) is 2.72. The zero-order valence-electron chi connectivity index (χ0n) is 7.83. The third-order valence-electron chi connectivity index (χ3n) is 2.05. The molecule has 3 heteroatoms. The molecule has 1 aromatic carbocycles. The maximum atomic E-state index is 10.6. The molecule has 3 nitrogen and oxygen atoms in total. The first kappa shape index (κ1) is 9.58. The molecule has 0 amide bonds. The minimum absolute atomic E-state index is 0.564. The molecule has 0 unspecified atom stereocenters. The fourth-order valence-electron chi connectivity index (χ4n) is 1.34. The average molecular weight is 179 g/mol. The second-order valence-corrected chi connectivity index (χ2v) is 2.72. The fraction of sp³-hybridized carbons (Fsp3) is 0.300. The van der Waals surface area contributed by atoms with E-state index in [0.717, 1.165) is 18.3 Å². The van der Waals surface area contributed by atoms with Crippen molar-refractivity contribution < 1.29 is 9.53 Å². The van der Waals surface area contributed by atoms with Crippen molar-refractivity contribution in [3.63, 3.8) is 0 Å². The number of hydrogen-bond acceptors (Lipinski definition) is 3. The van der Waals surface area contributed by atoms with E-state index in [4.69, 9.17) is 10.5 Å². The molecule has 13 heavy (non-hydrogen) atoms. The SMILES string of the molecule is CCc1c(C=O)ccc(OC)c1N.